The first-order chi connectivity index (χ1) is 17.0. The van der Waals surface area contributed by atoms with Gasteiger partial charge in [-0.1, -0.05) is 25.0 Å². The van der Waals surface area contributed by atoms with Gasteiger partial charge in [0.1, 0.15) is 16.4 Å². The van der Waals surface area contributed by atoms with Gasteiger partial charge in [0.2, 0.25) is 0 Å². The summed E-state index contributed by atoms with van der Waals surface area (Å²) in [6.45, 7) is 6.43. The lowest BCUT2D eigenvalue weighted by molar-refractivity contribution is 0.322. The van der Waals surface area contributed by atoms with Gasteiger partial charge in [-0.05, 0) is 63.1 Å². The minimum Gasteiger partial charge on any atom is -0.494 e. The third-order valence-corrected chi connectivity index (χ3v) is 7.21. The molecular formula is C26H32N4O4S. The van der Waals surface area contributed by atoms with E-state index in [1.165, 1.54) is 31.7 Å². The van der Waals surface area contributed by atoms with Crippen LogP contribution in [-0.2, 0) is 10.0 Å². The summed E-state index contributed by atoms with van der Waals surface area (Å²) in [4.78, 5) is 2.30. The average molecular weight is 497 g/mol. The molecule has 0 atom stereocenters. The Morgan fingerprint density at radius 2 is 1.66 bits per heavy atom. The number of rotatable bonds is 9. The van der Waals surface area contributed by atoms with Gasteiger partial charge >= 0.3 is 0 Å². The summed E-state index contributed by atoms with van der Waals surface area (Å²) in [5.74, 6) is 1.62. The number of sulfonamides is 1. The molecule has 1 fully saturated rings. The molecule has 0 saturated carbocycles. The Morgan fingerprint density at radius 1 is 0.886 bits per heavy atom. The molecule has 8 nitrogen and oxygen atoms in total. The van der Waals surface area contributed by atoms with Crippen molar-refractivity contribution in [2.45, 2.75) is 44.4 Å². The molecule has 2 aromatic carbocycles. The molecule has 0 unspecified atom stereocenters. The van der Waals surface area contributed by atoms with Gasteiger partial charge in [-0.2, -0.15) is 0 Å². The highest BCUT2D eigenvalue weighted by Crippen LogP contribution is 2.31. The van der Waals surface area contributed by atoms with E-state index in [2.05, 4.69) is 19.8 Å². The van der Waals surface area contributed by atoms with Gasteiger partial charge in [0.15, 0.2) is 5.82 Å². The Balaban J connectivity index is 1.56. The van der Waals surface area contributed by atoms with E-state index in [9.17, 15) is 8.42 Å². The minimum absolute atomic E-state index is 0.0253. The van der Waals surface area contributed by atoms with Crippen molar-refractivity contribution in [1.29, 1.82) is 0 Å². The van der Waals surface area contributed by atoms with Crippen LogP contribution in [0.3, 0.4) is 0 Å². The largest absolute Gasteiger partial charge is 0.494 e. The first-order valence-electron chi connectivity index (χ1n) is 12.1. The van der Waals surface area contributed by atoms with Crippen LogP contribution in [-0.4, -0.2) is 44.9 Å². The molecule has 1 aliphatic heterocycles. The van der Waals surface area contributed by atoms with Gasteiger partial charge < -0.3 is 14.4 Å². The zero-order chi connectivity index (χ0) is 24.7. The first-order valence-corrected chi connectivity index (χ1v) is 13.6. The third-order valence-electron chi connectivity index (χ3n) is 5.81. The van der Waals surface area contributed by atoms with Crippen molar-refractivity contribution in [3.05, 3.63) is 54.6 Å². The lowest BCUT2D eigenvalue weighted by Gasteiger charge is -2.20. The van der Waals surface area contributed by atoms with Gasteiger partial charge in [-0.3, -0.25) is 4.72 Å². The Labute approximate surface area is 207 Å². The fraction of sp³-hybridized carbons (Fsp3) is 0.385. The molecule has 1 aromatic heterocycles. The molecule has 0 bridgehead atoms. The zero-order valence-corrected chi connectivity index (χ0v) is 21.1. The van der Waals surface area contributed by atoms with E-state index in [1.807, 2.05) is 32.0 Å². The predicted octanol–water partition coefficient (Wildman–Crippen LogP) is 5.12. The zero-order valence-electron chi connectivity index (χ0n) is 20.2. The van der Waals surface area contributed by atoms with E-state index < -0.39 is 10.0 Å². The quantitative estimate of drug-likeness (QED) is 0.439. The number of nitrogens with zero attached hydrogens (tertiary/aromatic N) is 3. The Morgan fingerprint density at radius 3 is 2.34 bits per heavy atom. The number of hydrogen-bond acceptors (Lipinski definition) is 7. The van der Waals surface area contributed by atoms with Gasteiger partial charge in [0.25, 0.3) is 10.0 Å². The molecule has 1 saturated heterocycles. The van der Waals surface area contributed by atoms with Crippen LogP contribution in [0.4, 0.5) is 11.5 Å². The maximum absolute atomic E-state index is 13.3. The highest BCUT2D eigenvalue weighted by molar-refractivity contribution is 7.92. The van der Waals surface area contributed by atoms with Crippen molar-refractivity contribution in [2.24, 2.45) is 0 Å². The molecule has 0 spiro atoms. The number of ether oxygens (including phenoxy) is 2. The van der Waals surface area contributed by atoms with Crippen molar-refractivity contribution in [1.82, 2.24) is 10.2 Å². The second-order valence-electron chi connectivity index (χ2n) is 8.34. The standard InChI is InChI=1S/C26H32N4O4S/c1-3-33-22-12-14-24(34-4-2)25(19-22)35(31,32)29-21-11-9-10-20(18-21)23-13-15-26(28-27-23)30-16-7-5-6-8-17-30/h9-15,18-19,29H,3-8,16-17H2,1-2H3. The Kier molecular flexibility index (Phi) is 8.07. The molecule has 1 aliphatic rings. The van der Waals surface area contributed by atoms with E-state index in [0.717, 1.165) is 24.5 Å². The Bertz CT molecular complexity index is 1220. The lowest BCUT2D eigenvalue weighted by Crippen LogP contribution is -2.25. The smallest absolute Gasteiger partial charge is 0.265 e. The third kappa shape index (κ3) is 6.22. The molecule has 0 radical (unpaired) electrons. The van der Waals surface area contributed by atoms with Gasteiger partial charge in [0, 0.05) is 30.4 Å². The van der Waals surface area contributed by atoms with Crippen LogP contribution in [0.25, 0.3) is 11.3 Å². The van der Waals surface area contributed by atoms with Crippen molar-refractivity contribution in [2.75, 3.05) is 35.9 Å². The van der Waals surface area contributed by atoms with Crippen LogP contribution < -0.4 is 19.1 Å². The molecule has 186 valence electrons. The fourth-order valence-corrected chi connectivity index (χ4v) is 5.34. The second-order valence-corrected chi connectivity index (χ2v) is 9.99. The van der Waals surface area contributed by atoms with E-state index in [4.69, 9.17) is 9.47 Å². The molecule has 4 rings (SSSR count). The number of hydrogen-bond donors (Lipinski definition) is 1. The number of nitrogens with one attached hydrogen (secondary N) is 1. The molecule has 0 amide bonds. The van der Waals surface area contributed by atoms with Crippen LogP contribution in [0.1, 0.15) is 39.5 Å². The normalized spacial score (nSPS) is 14.3. The number of aromatic nitrogens is 2. The summed E-state index contributed by atoms with van der Waals surface area (Å²) in [6, 6.07) is 15.8. The molecule has 1 N–H and O–H groups in total. The lowest BCUT2D eigenvalue weighted by atomic mass is 10.1. The van der Waals surface area contributed by atoms with Crippen molar-refractivity contribution < 1.29 is 17.9 Å². The summed E-state index contributed by atoms with van der Waals surface area (Å²) in [6.07, 6.45) is 4.85. The highest BCUT2D eigenvalue weighted by atomic mass is 32.2. The van der Waals surface area contributed by atoms with Gasteiger partial charge in [-0.15, -0.1) is 10.2 Å². The SMILES string of the molecule is CCOc1ccc(OCC)c(S(=O)(=O)Nc2cccc(-c3ccc(N4CCCCCC4)nn3)c2)c1. The number of benzene rings is 2. The van der Waals surface area contributed by atoms with Crippen molar-refractivity contribution >= 4 is 21.5 Å². The van der Waals surface area contributed by atoms with Crippen LogP contribution in [0.2, 0.25) is 0 Å². The summed E-state index contributed by atoms with van der Waals surface area (Å²) in [7, 11) is -3.93. The van der Waals surface area contributed by atoms with E-state index in [0.29, 0.717) is 30.3 Å². The monoisotopic (exact) mass is 496 g/mol. The van der Waals surface area contributed by atoms with Crippen LogP contribution >= 0.6 is 0 Å². The van der Waals surface area contributed by atoms with Crippen LogP contribution in [0, 0.1) is 0 Å². The molecule has 3 aromatic rings. The van der Waals surface area contributed by atoms with Gasteiger partial charge in [0.05, 0.1) is 18.9 Å². The summed E-state index contributed by atoms with van der Waals surface area (Å²) in [5.41, 5.74) is 1.87. The second kappa shape index (κ2) is 11.4. The summed E-state index contributed by atoms with van der Waals surface area (Å²) >= 11 is 0. The molecule has 9 heteroatoms. The first kappa shape index (κ1) is 24.8. The Hall–Kier alpha value is -3.33. The fourth-order valence-electron chi connectivity index (χ4n) is 4.13. The van der Waals surface area contributed by atoms with Crippen LogP contribution in [0.5, 0.6) is 11.5 Å². The predicted molar refractivity (Wildman–Crippen MR) is 138 cm³/mol. The molecule has 2 heterocycles. The average Bonchev–Trinajstić information content (AvgIpc) is 3.15. The van der Waals surface area contributed by atoms with Gasteiger partial charge in [-0.25, -0.2) is 8.42 Å². The van der Waals surface area contributed by atoms with Crippen molar-refractivity contribution in [3.63, 3.8) is 0 Å². The maximum Gasteiger partial charge on any atom is 0.265 e. The van der Waals surface area contributed by atoms with E-state index in [1.54, 1.807) is 30.3 Å². The number of anilines is 2. The maximum atomic E-state index is 13.3. The molecular weight excluding hydrogens is 464 g/mol. The van der Waals surface area contributed by atoms with Crippen molar-refractivity contribution in [3.8, 4) is 22.8 Å². The highest BCUT2D eigenvalue weighted by Gasteiger charge is 2.21. The topological polar surface area (TPSA) is 93.6 Å². The van der Waals surface area contributed by atoms with E-state index in [-0.39, 0.29) is 10.6 Å². The van der Waals surface area contributed by atoms with E-state index >= 15 is 0 Å². The summed E-state index contributed by atoms with van der Waals surface area (Å²) in [5, 5.41) is 8.85. The molecule has 35 heavy (non-hydrogen) atoms. The minimum atomic E-state index is -3.93. The summed E-state index contributed by atoms with van der Waals surface area (Å²) < 4.78 is 40.3. The van der Waals surface area contributed by atoms with Crippen LogP contribution in [0.15, 0.2) is 59.5 Å². The molecule has 0 aliphatic carbocycles.